The van der Waals surface area contributed by atoms with E-state index in [2.05, 4.69) is 6.58 Å². The highest BCUT2D eigenvalue weighted by Crippen LogP contribution is 2.32. The third kappa shape index (κ3) is 4.00. The first-order valence-corrected chi connectivity index (χ1v) is 9.12. The summed E-state index contributed by atoms with van der Waals surface area (Å²) in [4.78, 5) is 12.2. The molecule has 0 aliphatic carbocycles. The second-order valence-electron chi connectivity index (χ2n) is 5.44. The quantitative estimate of drug-likeness (QED) is 0.582. The van der Waals surface area contributed by atoms with Crippen LogP contribution in [-0.4, -0.2) is 26.9 Å². The molecule has 0 radical (unpaired) electrons. The molecular weight excluding hydrogens is 344 g/mol. The normalized spacial score (nSPS) is 12.6. The predicted molar refractivity (Wildman–Crippen MR) is 90.0 cm³/mol. The molecule has 2 aromatic carbocycles. The van der Waals surface area contributed by atoms with Gasteiger partial charge < -0.3 is 14.2 Å². The molecule has 1 aliphatic rings. The molecular formula is C18H16O6S. The van der Waals surface area contributed by atoms with Crippen LogP contribution in [0.4, 0.5) is 0 Å². The molecule has 0 atom stereocenters. The largest absolute Gasteiger partial charge is 0.457 e. The van der Waals surface area contributed by atoms with Crippen molar-refractivity contribution in [2.45, 2.75) is 11.5 Å². The number of hydrogen-bond acceptors (Lipinski definition) is 6. The van der Waals surface area contributed by atoms with Gasteiger partial charge in [0.2, 0.25) is 6.79 Å². The van der Waals surface area contributed by atoms with Gasteiger partial charge in [-0.1, -0.05) is 30.8 Å². The van der Waals surface area contributed by atoms with Gasteiger partial charge in [-0.3, -0.25) is 0 Å². The molecule has 0 fully saturated rings. The van der Waals surface area contributed by atoms with Crippen LogP contribution in [-0.2, 0) is 26.0 Å². The van der Waals surface area contributed by atoms with Crippen LogP contribution in [0.3, 0.4) is 0 Å². The highest BCUT2D eigenvalue weighted by atomic mass is 32.2. The summed E-state index contributed by atoms with van der Waals surface area (Å²) in [5, 5.41) is 0. The zero-order valence-electron chi connectivity index (χ0n) is 13.3. The van der Waals surface area contributed by atoms with E-state index >= 15 is 0 Å². The molecule has 0 aromatic heterocycles. The lowest BCUT2D eigenvalue weighted by atomic mass is 10.2. The molecule has 1 heterocycles. The molecule has 0 N–H and O–H groups in total. The standard InChI is InChI=1S/C18H16O6S/c1-13(11-25(20,21)15-5-3-2-4-6-15)18(19)22-10-14-7-8-16-17(9-14)24-12-23-16/h2-9H,1,10-12H2. The van der Waals surface area contributed by atoms with Gasteiger partial charge in [-0.15, -0.1) is 0 Å². The van der Waals surface area contributed by atoms with Crippen molar-refractivity contribution in [2.75, 3.05) is 12.5 Å². The van der Waals surface area contributed by atoms with Gasteiger partial charge in [-0.2, -0.15) is 0 Å². The summed E-state index contributed by atoms with van der Waals surface area (Å²) >= 11 is 0. The monoisotopic (exact) mass is 360 g/mol. The first kappa shape index (κ1) is 17.0. The summed E-state index contributed by atoms with van der Waals surface area (Å²) in [6.45, 7) is 3.68. The van der Waals surface area contributed by atoms with E-state index in [1.165, 1.54) is 12.1 Å². The topological polar surface area (TPSA) is 78.9 Å². The van der Waals surface area contributed by atoms with E-state index in [0.29, 0.717) is 17.1 Å². The van der Waals surface area contributed by atoms with Gasteiger partial charge in [0.25, 0.3) is 0 Å². The number of ether oxygens (including phenoxy) is 3. The van der Waals surface area contributed by atoms with Crippen LogP contribution in [0.25, 0.3) is 0 Å². The van der Waals surface area contributed by atoms with Crippen LogP contribution in [0.5, 0.6) is 11.5 Å². The second kappa shape index (κ2) is 6.98. The number of carbonyl (C=O) groups excluding carboxylic acids is 1. The van der Waals surface area contributed by atoms with Crippen molar-refractivity contribution in [2.24, 2.45) is 0 Å². The van der Waals surface area contributed by atoms with Crippen molar-refractivity contribution in [3.63, 3.8) is 0 Å². The summed E-state index contributed by atoms with van der Waals surface area (Å²) in [6.07, 6.45) is 0. The summed E-state index contributed by atoms with van der Waals surface area (Å²) in [7, 11) is -3.63. The van der Waals surface area contributed by atoms with Crippen molar-refractivity contribution in [1.29, 1.82) is 0 Å². The Balaban J connectivity index is 1.59. The maximum absolute atomic E-state index is 12.3. The van der Waals surface area contributed by atoms with Crippen LogP contribution in [0.1, 0.15) is 5.56 Å². The van der Waals surface area contributed by atoms with Crippen LogP contribution in [0, 0.1) is 0 Å². The lowest BCUT2D eigenvalue weighted by molar-refractivity contribution is -0.140. The summed E-state index contributed by atoms with van der Waals surface area (Å²) < 4.78 is 40.1. The van der Waals surface area contributed by atoms with Gasteiger partial charge in [0.1, 0.15) is 6.61 Å². The Morgan fingerprint density at radius 1 is 1.08 bits per heavy atom. The average Bonchev–Trinajstić information content (AvgIpc) is 3.07. The van der Waals surface area contributed by atoms with Gasteiger partial charge in [-0.25, -0.2) is 13.2 Å². The van der Waals surface area contributed by atoms with Crippen molar-refractivity contribution >= 4 is 15.8 Å². The first-order valence-electron chi connectivity index (χ1n) is 7.47. The predicted octanol–water partition coefficient (Wildman–Crippen LogP) is 2.49. The van der Waals surface area contributed by atoms with E-state index in [1.807, 2.05) is 0 Å². The van der Waals surface area contributed by atoms with Crippen LogP contribution < -0.4 is 9.47 Å². The Morgan fingerprint density at radius 3 is 2.56 bits per heavy atom. The van der Waals surface area contributed by atoms with E-state index < -0.39 is 21.6 Å². The molecule has 6 nitrogen and oxygen atoms in total. The van der Waals surface area contributed by atoms with Crippen LogP contribution >= 0.6 is 0 Å². The van der Waals surface area contributed by atoms with Crippen molar-refractivity contribution in [3.05, 3.63) is 66.2 Å². The molecule has 25 heavy (non-hydrogen) atoms. The molecule has 3 rings (SSSR count). The molecule has 0 unspecified atom stereocenters. The molecule has 0 amide bonds. The molecule has 0 bridgehead atoms. The number of sulfone groups is 1. The van der Waals surface area contributed by atoms with E-state index in [-0.39, 0.29) is 23.9 Å². The first-order chi connectivity index (χ1) is 12.0. The third-order valence-electron chi connectivity index (χ3n) is 3.56. The Morgan fingerprint density at radius 2 is 1.80 bits per heavy atom. The number of fused-ring (bicyclic) bond motifs is 1. The number of hydrogen-bond donors (Lipinski definition) is 0. The maximum atomic E-state index is 12.3. The minimum atomic E-state index is -3.63. The van der Waals surface area contributed by atoms with E-state index in [0.717, 1.165) is 0 Å². The average molecular weight is 360 g/mol. The molecule has 0 saturated carbocycles. The fourth-order valence-corrected chi connectivity index (χ4v) is 3.60. The van der Waals surface area contributed by atoms with Gasteiger partial charge in [-0.05, 0) is 29.8 Å². The Hall–Kier alpha value is -2.80. The molecule has 130 valence electrons. The molecule has 7 heteroatoms. The second-order valence-corrected chi connectivity index (χ2v) is 7.43. The number of rotatable bonds is 6. The van der Waals surface area contributed by atoms with E-state index in [9.17, 15) is 13.2 Å². The van der Waals surface area contributed by atoms with E-state index in [4.69, 9.17) is 14.2 Å². The smallest absolute Gasteiger partial charge is 0.334 e. The minimum absolute atomic E-state index is 0.0140. The number of esters is 1. The van der Waals surface area contributed by atoms with Crippen molar-refractivity contribution in [1.82, 2.24) is 0 Å². The highest BCUT2D eigenvalue weighted by molar-refractivity contribution is 7.91. The van der Waals surface area contributed by atoms with Crippen molar-refractivity contribution < 1.29 is 27.4 Å². The zero-order chi connectivity index (χ0) is 17.9. The summed E-state index contributed by atoms with van der Waals surface area (Å²) in [5.41, 5.74) is 0.584. The SMILES string of the molecule is C=C(CS(=O)(=O)c1ccccc1)C(=O)OCc1ccc2c(c1)OCO2. The van der Waals surface area contributed by atoms with Crippen molar-refractivity contribution in [3.8, 4) is 11.5 Å². The van der Waals surface area contributed by atoms with Gasteiger partial charge >= 0.3 is 5.97 Å². The Kier molecular flexibility index (Phi) is 4.76. The minimum Gasteiger partial charge on any atom is -0.457 e. The Labute approximate surface area is 145 Å². The number of carbonyl (C=O) groups is 1. The third-order valence-corrected chi connectivity index (χ3v) is 5.28. The molecule has 1 aliphatic heterocycles. The van der Waals surface area contributed by atoms with E-state index in [1.54, 1.807) is 36.4 Å². The lowest BCUT2D eigenvalue weighted by Crippen LogP contribution is -2.16. The van der Waals surface area contributed by atoms with Crippen LogP contribution in [0.2, 0.25) is 0 Å². The number of benzene rings is 2. The fourth-order valence-electron chi connectivity index (χ4n) is 2.28. The molecule has 2 aromatic rings. The Bertz CT molecular complexity index is 902. The van der Waals surface area contributed by atoms with Gasteiger partial charge in [0, 0.05) is 5.57 Å². The summed E-state index contributed by atoms with van der Waals surface area (Å²) in [6, 6.07) is 13.1. The maximum Gasteiger partial charge on any atom is 0.334 e. The molecule has 0 spiro atoms. The zero-order valence-corrected chi connectivity index (χ0v) is 14.1. The van der Waals surface area contributed by atoms with Gasteiger partial charge in [0.05, 0.1) is 10.6 Å². The molecule has 0 saturated heterocycles. The highest BCUT2D eigenvalue weighted by Gasteiger charge is 2.21. The van der Waals surface area contributed by atoms with Gasteiger partial charge in [0.15, 0.2) is 21.3 Å². The lowest BCUT2D eigenvalue weighted by Gasteiger charge is -2.09. The fraction of sp³-hybridized carbons (Fsp3) is 0.167. The van der Waals surface area contributed by atoms with Crippen LogP contribution in [0.15, 0.2) is 65.6 Å². The summed E-state index contributed by atoms with van der Waals surface area (Å²) in [5.74, 6) is -0.0265.